The molecule has 8 heteroatoms. The van der Waals surface area contributed by atoms with E-state index in [0.717, 1.165) is 6.26 Å². The largest absolute Gasteiger partial charge is 0.481 e. The second kappa shape index (κ2) is 9.43. The zero-order valence-corrected chi connectivity index (χ0v) is 18.6. The Kier molecular flexibility index (Phi) is 7.38. The third kappa shape index (κ3) is 6.24. The lowest BCUT2D eigenvalue weighted by Gasteiger charge is -2.34. The van der Waals surface area contributed by atoms with E-state index in [0.29, 0.717) is 22.3 Å². The van der Waals surface area contributed by atoms with E-state index >= 15 is 0 Å². The number of esters is 1. The van der Waals surface area contributed by atoms with Crippen LogP contribution >= 0.6 is 0 Å². The van der Waals surface area contributed by atoms with Crippen molar-refractivity contribution >= 4 is 32.9 Å². The van der Waals surface area contributed by atoms with Crippen LogP contribution in [0.5, 0.6) is 0 Å². The number of allylic oxidation sites excluding steroid dienone is 1. The van der Waals surface area contributed by atoms with E-state index in [9.17, 15) is 27.5 Å². The predicted molar refractivity (Wildman–Crippen MR) is 115 cm³/mol. The molecule has 31 heavy (non-hydrogen) atoms. The van der Waals surface area contributed by atoms with Gasteiger partial charge in [0.1, 0.15) is 11.4 Å². The molecule has 0 spiro atoms. The van der Waals surface area contributed by atoms with Gasteiger partial charge in [0.15, 0.2) is 9.84 Å². The van der Waals surface area contributed by atoms with Crippen molar-refractivity contribution in [3.05, 3.63) is 65.5 Å². The van der Waals surface area contributed by atoms with Crippen molar-refractivity contribution in [2.45, 2.75) is 44.1 Å². The highest BCUT2D eigenvalue weighted by molar-refractivity contribution is 7.90. The minimum atomic E-state index is -3.43. The van der Waals surface area contributed by atoms with E-state index < -0.39 is 33.2 Å². The summed E-state index contributed by atoms with van der Waals surface area (Å²) in [6.07, 6.45) is 0.787. The first kappa shape index (κ1) is 24.3. The molecule has 0 heterocycles. The molecule has 1 atom stereocenters. The maximum absolute atomic E-state index is 13.9. The fourth-order valence-corrected chi connectivity index (χ4v) is 4.17. The smallest absolute Gasteiger partial charge is 0.303 e. The molecule has 1 unspecified atom stereocenters. The molecule has 1 N–H and O–H groups in total. The van der Waals surface area contributed by atoms with Crippen molar-refractivity contribution in [3.63, 3.8) is 0 Å². The van der Waals surface area contributed by atoms with Gasteiger partial charge in [-0.1, -0.05) is 24.3 Å². The standard InChI is InChI=1S/C23H25FO6S/c1-15(18-6-5-7-19(24)14-18)22(17-8-10-20(11-9-17)31(4,28)29)23(3,30-16(2)25)13-12-21(26)27/h5-11,14H,12-13H2,1-4H3,(H,26,27)/b22-15+. The highest BCUT2D eigenvalue weighted by Crippen LogP contribution is 2.40. The van der Waals surface area contributed by atoms with Gasteiger partial charge in [-0.25, -0.2) is 12.8 Å². The van der Waals surface area contributed by atoms with Crippen LogP contribution in [0.2, 0.25) is 0 Å². The number of carbonyl (C=O) groups is 2. The maximum atomic E-state index is 13.9. The summed E-state index contributed by atoms with van der Waals surface area (Å²) >= 11 is 0. The van der Waals surface area contributed by atoms with Crippen LogP contribution in [-0.4, -0.2) is 37.3 Å². The molecule has 0 aromatic heterocycles. The van der Waals surface area contributed by atoms with Crippen molar-refractivity contribution in [2.75, 3.05) is 6.26 Å². The molecule has 0 amide bonds. The first-order chi connectivity index (χ1) is 14.3. The Morgan fingerprint density at radius 3 is 2.16 bits per heavy atom. The number of ether oxygens (including phenoxy) is 1. The van der Waals surface area contributed by atoms with Crippen molar-refractivity contribution in [2.24, 2.45) is 0 Å². The van der Waals surface area contributed by atoms with Gasteiger partial charge in [-0.05, 0) is 54.8 Å². The summed E-state index contributed by atoms with van der Waals surface area (Å²) in [5.74, 6) is -2.12. The zero-order chi connectivity index (χ0) is 23.4. The zero-order valence-electron chi connectivity index (χ0n) is 17.8. The number of sulfone groups is 1. The molecule has 0 saturated heterocycles. The van der Waals surface area contributed by atoms with Crippen LogP contribution in [0.3, 0.4) is 0 Å². The van der Waals surface area contributed by atoms with E-state index in [1.807, 2.05) is 0 Å². The van der Waals surface area contributed by atoms with E-state index in [-0.39, 0.29) is 17.7 Å². The van der Waals surface area contributed by atoms with Gasteiger partial charge in [0, 0.05) is 31.6 Å². The van der Waals surface area contributed by atoms with Gasteiger partial charge in [-0.15, -0.1) is 0 Å². The third-order valence-corrected chi connectivity index (χ3v) is 6.05. The SMILES string of the molecule is CC(=O)OC(C)(CCC(=O)O)/C(=C(\C)c1cccc(F)c1)c1ccc(S(C)(=O)=O)cc1. The molecule has 0 aliphatic heterocycles. The Hall–Kier alpha value is -3.00. The lowest BCUT2D eigenvalue weighted by molar-refractivity contribution is -0.152. The number of aliphatic carboxylic acids is 1. The predicted octanol–water partition coefficient (Wildman–Crippen LogP) is 4.35. The molecule has 0 radical (unpaired) electrons. The van der Waals surface area contributed by atoms with E-state index in [2.05, 4.69) is 0 Å². The minimum absolute atomic E-state index is 0.0300. The molecule has 2 aromatic rings. The number of carboxylic acid groups (broad SMARTS) is 1. The summed E-state index contributed by atoms with van der Waals surface area (Å²) in [5, 5.41) is 9.21. The van der Waals surface area contributed by atoms with E-state index in [1.54, 1.807) is 38.1 Å². The number of rotatable bonds is 8. The maximum Gasteiger partial charge on any atom is 0.303 e. The Bertz CT molecular complexity index is 1120. The van der Waals surface area contributed by atoms with Crippen molar-refractivity contribution < 1.29 is 32.2 Å². The summed E-state index contributed by atoms with van der Waals surface area (Å²) in [6, 6.07) is 11.8. The summed E-state index contributed by atoms with van der Waals surface area (Å²) in [6.45, 7) is 4.54. The number of hydrogen-bond acceptors (Lipinski definition) is 5. The highest BCUT2D eigenvalue weighted by atomic mass is 32.2. The molecule has 0 bridgehead atoms. The van der Waals surface area contributed by atoms with Gasteiger partial charge < -0.3 is 9.84 Å². The number of hydrogen-bond donors (Lipinski definition) is 1. The Morgan fingerprint density at radius 2 is 1.68 bits per heavy atom. The molecule has 0 aliphatic rings. The van der Waals surface area contributed by atoms with Crippen LogP contribution in [0, 0.1) is 5.82 Å². The molecular formula is C23H25FO6S. The van der Waals surface area contributed by atoms with Crippen LogP contribution in [0.4, 0.5) is 4.39 Å². The van der Waals surface area contributed by atoms with Crippen LogP contribution < -0.4 is 0 Å². The average molecular weight is 449 g/mol. The lowest BCUT2D eigenvalue weighted by atomic mass is 9.81. The van der Waals surface area contributed by atoms with E-state index in [4.69, 9.17) is 4.74 Å². The second-order valence-electron chi connectivity index (χ2n) is 7.53. The van der Waals surface area contributed by atoms with Crippen LogP contribution in [-0.2, 0) is 24.2 Å². The molecular weight excluding hydrogens is 423 g/mol. The van der Waals surface area contributed by atoms with Crippen molar-refractivity contribution in [1.29, 1.82) is 0 Å². The average Bonchev–Trinajstić information content (AvgIpc) is 2.65. The Morgan fingerprint density at radius 1 is 1.06 bits per heavy atom. The van der Waals surface area contributed by atoms with Gasteiger partial charge in [-0.3, -0.25) is 9.59 Å². The Balaban J connectivity index is 2.78. The van der Waals surface area contributed by atoms with Crippen molar-refractivity contribution in [3.8, 4) is 0 Å². The molecule has 6 nitrogen and oxygen atoms in total. The van der Waals surface area contributed by atoms with Crippen LogP contribution in [0.1, 0.15) is 44.7 Å². The molecule has 0 saturated carbocycles. The Labute approximate surface area is 181 Å². The first-order valence-electron chi connectivity index (χ1n) is 9.52. The quantitative estimate of drug-likeness (QED) is 0.476. The van der Waals surface area contributed by atoms with E-state index in [1.165, 1.54) is 31.2 Å². The highest BCUT2D eigenvalue weighted by Gasteiger charge is 2.36. The normalized spacial score (nSPS) is 14.4. The lowest BCUT2D eigenvalue weighted by Crippen LogP contribution is -2.34. The minimum Gasteiger partial charge on any atom is -0.481 e. The summed E-state index contributed by atoms with van der Waals surface area (Å²) in [7, 11) is -3.43. The number of carboxylic acids is 1. The summed E-state index contributed by atoms with van der Waals surface area (Å²) in [4.78, 5) is 23.3. The topological polar surface area (TPSA) is 97.7 Å². The summed E-state index contributed by atoms with van der Waals surface area (Å²) in [5.41, 5.74) is 0.738. The van der Waals surface area contributed by atoms with Gasteiger partial charge in [0.25, 0.3) is 0 Å². The molecule has 2 aromatic carbocycles. The monoisotopic (exact) mass is 448 g/mol. The number of halogens is 1. The number of benzene rings is 2. The molecule has 2 rings (SSSR count). The number of carbonyl (C=O) groups excluding carboxylic acids is 1. The van der Waals surface area contributed by atoms with Crippen LogP contribution in [0.25, 0.3) is 11.1 Å². The van der Waals surface area contributed by atoms with Gasteiger partial charge >= 0.3 is 11.9 Å². The molecule has 0 fully saturated rings. The van der Waals surface area contributed by atoms with Crippen LogP contribution in [0.15, 0.2) is 53.4 Å². The van der Waals surface area contributed by atoms with Crippen molar-refractivity contribution in [1.82, 2.24) is 0 Å². The third-order valence-electron chi connectivity index (χ3n) is 4.92. The second-order valence-corrected chi connectivity index (χ2v) is 9.54. The first-order valence-corrected chi connectivity index (χ1v) is 11.4. The molecule has 166 valence electrons. The van der Waals surface area contributed by atoms with Gasteiger partial charge in [0.2, 0.25) is 0 Å². The molecule has 0 aliphatic carbocycles. The fourth-order valence-electron chi connectivity index (χ4n) is 3.54. The fraction of sp³-hybridized carbons (Fsp3) is 0.304. The van der Waals surface area contributed by atoms with Gasteiger partial charge in [-0.2, -0.15) is 0 Å². The summed E-state index contributed by atoms with van der Waals surface area (Å²) < 4.78 is 43.2. The van der Waals surface area contributed by atoms with Gasteiger partial charge in [0.05, 0.1) is 4.90 Å².